The minimum atomic E-state index is -4.00. The number of benzene rings is 2. The zero-order valence-corrected chi connectivity index (χ0v) is 16.7. The minimum Gasteiger partial charge on any atom is -0.482 e. The molecule has 1 aliphatic carbocycles. The molecule has 0 aliphatic heterocycles. The molecule has 0 saturated carbocycles. The van der Waals surface area contributed by atoms with Gasteiger partial charge in [0.15, 0.2) is 6.61 Å². The first-order valence-corrected chi connectivity index (χ1v) is 10.6. The van der Waals surface area contributed by atoms with Crippen molar-refractivity contribution < 1.29 is 27.4 Å². The van der Waals surface area contributed by atoms with Gasteiger partial charge in [-0.25, -0.2) is 22.3 Å². The first kappa shape index (κ1) is 20.9. The van der Waals surface area contributed by atoms with Crippen LogP contribution < -0.4 is 9.46 Å². The molecule has 0 amide bonds. The van der Waals surface area contributed by atoms with Crippen LogP contribution in [0.15, 0.2) is 35.2 Å². The lowest BCUT2D eigenvalue weighted by atomic mass is 9.87. The number of sulfonamides is 1. The highest BCUT2D eigenvalue weighted by Gasteiger charge is 2.29. The van der Waals surface area contributed by atoms with E-state index in [0.29, 0.717) is 35.4 Å². The SMILES string of the molecule is O=C(O)COc1cc(F)cc2c1CCCC2NS(=O)(=O)c1ccc(Cl)cc1Cl. The lowest BCUT2D eigenvalue weighted by molar-refractivity contribution is -0.139. The molecule has 2 N–H and O–H groups in total. The Morgan fingerprint density at radius 2 is 2.04 bits per heavy atom. The van der Waals surface area contributed by atoms with Crippen molar-refractivity contribution in [1.82, 2.24) is 4.72 Å². The average Bonchev–Trinajstić information content (AvgIpc) is 2.59. The quantitative estimate of drug-likeness (QED) is 0.698. The van der Waals surface area contributed by atoms with Gasteiger partial charge in [0.1, 0.15) is 16.5 Å². The van der Waals surface area contributed by atoms with Crippen molar-refractivity contribution in [1.29, 1.82) is 0 Å². The molecule has 1 unspecified atom stereocenters. The van der Waals surface area contributed by atoms with Gasteiger partial charge in [0.25, 0.3) is 0 Å². The summed E-state index contributed by atoms with van der Waals surface area (Å²) in [6.07, 6.45) is 1.58. The van der Waals surface area contributed by atoms with E-state index in [-0.39, 0.29) is 15.7 Å². The third-order valence-corrected chi connectivity index (χ3v) is 6.52. The number of aliphatic carboxylic acids is 1. The molecule has 0 bridgehead atoms. The van der Waals surface area contributed by atoms with Crippen LogP contribution in [0.5, 0.6) is 5.75 Å². The molecular formula is C18H16Cl2FNO5S. The van der Waals surface area contributed by atoms with E-state index in [1.165, 1.54) is 24.3 Å². The molecule has 3 rings (SSSR count). The van der Waals surface area contributed by atoms with Crippen molar-refractivity contribution in [2.24, 2.45) is 0 Å². The van der Waals surface area contributed by atoms with E-state index >= 15 is 0 Å². The Labute approximate surface area is 171 Å². The van der Waals surface area contributed by atoms with Crippen LogP contribution in [-0.2, 0) is 21.2 Å². The molecule has 0 spiro atoms. The summed E-state index contributed by atoms with van der Waals surface area (Å²) >= 11 is 11.8. The monoisotopic (exact) mass is 447 g/mol. The predicted molar refractivity (Wildman–Crippen MR) is 102 cm³/mol. The molecule has 10 heteroatoms. The number of carbonyl (C=O) groups is 1. The van der Waals surface area contributed by atoms with Gasteiger partial charge < -0.3 is 9.84 Å². The molecule has 2 aromatic carbocycles. The molecular weight excluding hydrogens is 432 g/mol. The summed E-state index contributed by atoms with van der Waals surface area (Å²) in [5.74, 6) is -1.73. The maximum atomic E-state index is 14.1. The summed E-state index contributed by atoms with van der Waals surface area (Å²) in [5, 5.41) is 9.07. The van der Waals surface area contributed by atoms with Crippen LogP contribution in [0.25, 0.3) is 0 Å². The normalized spacial score (nSPS) is 16.5. The molecule has 28 heavy (non-hydrogen) atoms. The van der Waals surface area contributed by atoms with Crippen molar-refractivity contribution in [3.8, 4) is 5.75 Å². The fraction of sp³-hybridized carbons (Fsp3) is 0.278. The van der Waals surface area contributed by atoms with Gasteiger partial charge in [-0.15, -0.1) is 0 Å². The second kappa shape index (κ2) is 8.24. The molecule has 150 valence electrons. The van der Waals surface area contributed by atoms with E-state index in [4.69, 9.17) is 33.0 Å². The van der Waals surface area contributed by atoms with Crippen LogP contribution in [0.3, 0.4) is 0 Å². The molecule has 0 radical (unpaired) electrons. The molecule has 0 fully saturated rings. The number of ether oxygens (including phenoxy) is 1. The highest BCUT2D eigenvalue weighted by Crippen LogP contribution is 2.37. The van der Waals surface area contributed by atoms with E-state index in [9.17, 15) is 17.6 Å². The van der Waals surface area contributed by atoms with Gasteiger partial charge in [-0.05, 0) is 54.7 Å². The molecule has 2 aromatic rings. The Morgan fingerprint density at radius 3 is 2.71 bits per heavy atom. The summed E-state index contributed by atoms with van der Waals surface area (Å²) in [5.41, 5.74) is 1.00. The van der Waals surface area contributed by atoms with Crippen LogP contribution in [0.2, 0.25) is 10.0 Å². The van der Waals surface area contributed by atoms with E-state index in [1.807, 2.05) is 0 Å². The van der Waals surface area contributed by atoms with Gasteiger partial charge in [0.2, 0.25) is 10.0 Å². The van der Waals surface area contributed by atoms with Crippen molar-refractivity contribution in [3.63, 3.8) is 0 Å². The number of halogens is 3. The van der Waals surface area contributed by atoms with E-state index in [0.717, 1.165) is 6.07 Å². The van der Waals surface area contributed by atoms with Crippen LogP contribution in [-0.4, -0.2) is 26.1 Å². The topological polar surface area (TPSA) is 92.7 Å². The van der Waals surface area contributed by atoms with Gasteiger partial charge in [0.05, 0.1) is 5.02 Å². The number of hydrogen-bond donors (Lipinski definition) is 2. The average molecular weight is 448 g/mol. The van der Waals surface area contributed by atoms with E-state index < -0.39 is 34.5 Å². The van der Waals surface area contributed by atoms with Crippen LogP contribution in [0, 0.1) is 5.82 Å². The van der Waals surface area contributed by atoms with Gasteiger partial charge in [-0.2, -0.15) is 0 Å². The minimum absolute atomic E-state index is 0.0271. The van der Waals surface area contributed by atoms with Crippen molar-refractivity contribution in [2.45, 2.75) is 30.2 Å². The third-order valence-electron chi connectivity index (χ3n) is 4.34. The Balaban J connectivity index is 1.94. The summed E-state index contributed by atoms with van der Waals surface area (Å²) < 4.78 is 47.4. The smallest absolute Gasteiger partial charge is 0.341 e. The largest absolute Gasteiger partial charge is 0.482 e. The van der Waals surface area contributed by atoms with Crippen LogP contribution in [0.1, 0.15) is 30.0 Å². The summed E-state index contributed by atoms with van der Waals surface area (Å²) in [7, 11) is -4.00. The van der Waals surface area contributed by atoms with E-state index in [1.54, 1.807) is 0 Å². The number of fused-ring (bicyclic) bond motifs is 1. The number of rotatable bonds is 6. The van der Waals surface area contributed by atoms with Gasteiger partial charge >= 0.3 is 5.97 Å². The van der Waals surface area contributed by atoms with Gasteiger partial charge in [0, 0.05) is 17.1 Å². The number of nitrogens with one attached hydrogen (secondary N) is 1. The second-order valence-electron chi connectivity index (χ2n) is 6.29. The fourth-order valence-corrected chi connectivity index (χ4v) is 5.21. The first-order chi connectivity index (χ1) is 13.2. The molecule has 6 nitrogen and oxygen atoms in total. The van der Waals surface area contributed by atoms with Crippen molar-refractivity contribution in [3.05, 3.63) is 57.3 Å². The van der Waals surface area contributed by atoms with Crippen LogP contribution >= 0.6 is 23.2 Å². The third kappa shape index (κ3) is 4.57. The number of carboxylic acids is 1. The number of hydrogen-bond acceptors (Lipinski definition) is 4. The zero-order valence-electron chi connectivity index (χ0n) is 14.4. The zero-order chi connectivity index (χ0) is 20.5. The van der Waals surface area contributed by atoms with E-state index in [2.05, 4.69) is 4.72 Å². The molecule has 0 saturated heterocycles. The lowest BCUT2D eigenvalue weighted by Crippen LogP contribution is -2.31. The highest BCUT2D eigenvalue weighted by molar-refractivity contribution is 7.89. The Bertz CT molecular complexity index is 1030. The Kier molecular flexibility index (Phi) is 6.14. The van der Waals surface area contributed by atoms with Gasteiger partial charge in [-0.1, -0.05) is 23.2 Å². The Hall–Kier alpha value is -1.87. The van der Waals surface area contributed by atoms with Crippen molar-refractivity contribution >= 4 is 39.2 Å². The molecule has 1 atom stereocenters. The van der Waals surface area contributed by atoms with Gasteiger partial charge in [-0.3, -0.25) is 0 Å². The summed E-state index contributed by atoms with van der Waals surface area (Å²) in [4.78, 5) is 10.6. The van der Waals surface area contributed by atoms with Crippen molar-refractivity contribution in [2.75, 3.05) is 6.61 Å². The standard InChI is InChI=1S/C18H16Cl2FNO5S/c19-10-4-5-17(14(20)6-10)28(25,26)22-15-3-1-2-12-13(15)7-11(21)8-16(12)27-9-18(23)24/h4-8,15,22H,1-3,9H2,(H,23,24). The fourth-order valence-electron chi connectivity index (χ4n) is 3.18. The maximum absolute atomic E-state index is 14.1. The highest BCUT2D eigenvalue weighted by atomic mass is 35.5. The number of carboxylic acid groups (broad SMARTS) is 1. The Morgan fingerprint density at radius 1 is 1.29 bits per heavy atom. The summed E-state index contributed by atoms with van der Waals surface area (Å²) in [6.45, 7) is -0.618. The lowest BCUT2D eigenvalue weighted by Gasteiger charge is -2.28. The molecule has 0 aromatic heterocycles. The maximum Gasteiger partial charge on any atom is 0.341 e. The summed E-state index contributed by atoms with van der Waals surface area (Å²) in [6, 6.07) is 5.67. The van der Waals surface area contributed by atoms with Crippen LogP contribution in [0.4, 0.5) is 4.39 Å². The molecule has 1 aliphatic rings. The first-order valence-electron chi connectivity index (χ1n) is 8.31. The molecule has 0 heterocycles. The second-order valence-corrected chi connectivity index (χ2v) is 8.82. The predicted octanol–water partition coefficient (Wildman–Crippen LogP) is 3.95.